The van der Waals surface area contributed by atoms with Gasteiger partial charge in [0, 0.05) is 0 Å². The molecule has 0 saturated heterocycles. The van der Waals surface area contributed by atoms with Gasteiger partial charge in [0.2, 0.25) is 0 Å². The average molecular weight is 466 g/mol. The second kappa shape index (κ2) is 13.9. The maximum absolute atomic E-state index is 13.1. The molecule has 0 N–H and O–H groups in total. The van der Waals surface area contributed by atoms with Crippen molar-refractivity contribution < 1.29 is 47.7 Å². The minimum absolute atomic E-state index is 0.00565. The molecule has 0 radical (unpaired) electrons. The zero-order chi connectivity index (χ0) is 25.0. The highest BCUT2D eigenvalue weighted by Crippen LogP contribution is 2.35. The summed E-state index contributed by atoms with van der Waals surface area (Å²) in [6.07, 6.45) is 2.08. The highest BCUT2D eigenvalue weighted by Gasteiger charge is 2.43. The summed E-state index contributed by atoms with van der Waals surface area (Å²) in [6, 6.07) is 0. The Kier molecular flexibility index (Phi) is 11.6. The van der Waals surface area contributed by atoms with E-state index >= 15 is 0 Å². The van der Waals surface area contributed by atoms with Crippen LogP contribution in [-0.4, -0.2) is 62.9 Å². The molecule has 0 bridgehead atoms. The molecule has 0 aromatic heterocycles. The van der Waals surface area contributed by atoms with Crippen molar-refractivity contribution in [2.45, 2.75) is 41.0 Å². The fourth-order valence-corrected chi connectivity index (χ4v) is 3.10. The Bertz CT molecular complexity index is 862. The summed E-state index contributed by atoms with van der Waals surface area (Å²) in [5.74, 6) is -6.19. The van der Waals surface area contributed by atoms with Gasteiger partial charge in [-0.25, -0.2) is 14.4 Å². The summed E-state index contributed by atoms with van der Waals surface area (Å²) in [5.41, 5.74) is -1.07. The van der Waals surface area contributed by atoms with Gasteiger partial charge in [0.25, 0.3) is 0 Å². The van der Waals surface area contributed by atoms with Crippen LogP contribution in [0.3, 0.4) is 0 Å². The molecular formula is C23H30O10. The smallest absolute Gasteiger partial charge is 0.339 e. The predicted octanol–water partition coefficient (Wildman–Crippen LogP) is 1.97. The van der Waals surface area contributed by atoms with Gasteiger partial charge in [-0.2, -0.15) is 0 Å². The Hall–Kier alpha value is -3.43. The Morgan fingerprint density at radius 2 is 1.18 bits per heavy atom. The van der Waals surface area contributed by atoms with Gasteiger partial charge >= 0.3 is 29.8 Å². The quantitative estimate of drug-likeness (QED) is 0.329. The molecule has 33 heavy (non-hydrogen) atoms. The number of carbonyl (C=O) groups excluding carboxylic acids is 5. The number of ether oxygens (including phenoxy) is 5. The molecule has 0 heterocycles. The lowest BCUT2D eigenvalue weighted by molar-refractivity contribution is -0.151. The van der Waals surface area contributed by atoms with E-state index in [-0.39, 0.29) is 49.8 Å². The third kappa shape index (κ3) is 7.30. The normalized spacial score (nSPS) is 15.5. The molecular weight excluding hydrogens is 436 g/mol. The first-order valence-corrected chi connectivity index (χ1v) is 10.8. The Labute approximate surface area is 192 Å². The van der Waals surface area contributed by atoms with Crippen molar-refractivity contribution in [2.75, 3.05) is 33.0 Å². The molecule has 1 rings (SSSR count). The summed E-state index contributed by atoms with van der Waals surface area (Å²) < 4.78 is 25.3. The van der Waals surface area contributed by atoms with Gasteiger partial charge in [0.15, 0.2) is 0 Å². The van der Waals surface area contributed by atoms with Gasteiger partial charge in [-0.05, 0) is 40.2 Å². The molecule has 1 atom stereocenters. The molecule has 1 unspecified atom stereocenters. The summed E-state index contributed by atoms with van der Waals surface area (Å²) in [6.45, 7) is 7.72. The largest absolute Gasteiger partial charge is 0.466 e. The lowest BCUT2D eigenvalue weighted by Crippen LogP contribution is -2.32. The Morgan fingerprint density at radius 3 is 1.73 bits per heavy atom. The highest BCUT2D eigenvalue weighted by molar-refractivity contribution is 6.11. The van der Waals surface area contributed by atoms with E-state index in [1.807, 2.05) is 0 Å². The van der Waals surface area contributed by atoms with Crippen molar-refractivity contribution in [3.8, 4) is 0 Å². The first-order valence-electron chi connectivity index (χ1n) is 10.8. The SMILES string of the molecule is CCOC(=O)CC1=CC=C(C(=O)OCC)C(C(=O)OCC)C(C(=O)OCC)=C1C(=O)OCC. The number of hydrogen-bond acceptors (Lipinski definition) is 10. The van der Waals surface area contributed by atoms with Gasteiger partial charge in [-0.15, -0.1) is 0 Å². The first kappa shape index (κ1) is 27.6. The minimum atomic E-state index is -1.64. The maximum Gasteiger partial charge on any atom is 0.339 e. The van der Waals surface area contributed by atoms with Crippen molar-refractivity contribution in [1.29, 1.82) is 0 Å². The molecule has 0 spiro atoms. The third-order valence-corrected chi connectivity index (χ3v) is 4.30. The fourth-order valence-electron chi connectivity index (χ4n) is 3.10. The van der Waals surface area contributed by atoms with E-state index in [1.54, 1.807) is 27.7 Å². The topological polar surface area (TPSA) is 132 Å². The van der Waals surface area contributed by atoms with Gasteiger partial charge < -0.3 is 23.7 Å². The molecule has 0 aromatic rings. The second-order valence-corrected chi connectivity index (χ2v) is 6.43. The molecule has 10 nitrogen and oxygen atoms in total. The standard InChI is InChI=1S/C23H30O10/c1-6-29-16(24)13-14-11-12-15(20(25)30-7-2)18(22(27)32-9-4)19(23(28)33-10-5)17(14)21(26)31-8-3/h11-12,18H,6-10,13H2,1-5H3. The van der Waals surface area contributed by atoms with E-state index in [4.69, 9.17) is 23.7 Å². The van der Waals surface area contributed by atoms with Crippen LogP contribution < -0.4 is 0 Å². The lowest BCUT2D eigenvalue weighted by atomic mass is 9.86. The van der Waals surface area contributed by atoms with Gasteiger partial charge in [0.05, 0.1) is 56.2 Å². The molecule has 1 aliphatic rings. The number of allylic oxidation sites excluding steroid dienone is 2. The van der Waals surface area contributed by atoms with Crippen LogP contribution in [0, 0.1) is 5.92 Å². The van der Waals surface area contributed by atoms with Crippen molar-refractivity contribution in [3.05, 3.63) is 34.4 Å². The summed E-state index contributed by atoms with van der Waals surface area (Å²) in [7, 11) is 0. The van der Waals surface area contributed by atoms with Gasteiger partial charge in [-0.3, -0.25) is 9.59 Å². The molecule has 0 amide bonds. The zero-order valence-electron chi connectivity index (χ0n) is 19.6. The first-order chi connectivity index (χ1) is 15.8. The van der Waals surface area contributed by atoms with Crippen LogP contribution in [0.2, 0.25) is 0 Å². The van der Waals surface area contributed by atoms with E-state index in [1.165, 1.54) is 19.1 Å². The maximum atomic E-state index is 13.1. The molecule has 0 aliphatic heterocycles. The van der Waals surface area contributed by atoms with Gasteiger partial charge in [0.1, 0.15) is 5.92 Å². The van der Waals surface area contributed by atoms with Crippen LogP contribution in [0.5, 0.6) is 0 Å². The highest BCUT2D eigenvalue weighted by atomic mass is 16.6. The van der Waals surface area contributed by atoms with E-state index in [0.29, 0.717) is 0 Å². The number of esters is 5. The van der Waals surface area contributed by atoms with E-state index in [0.717, 1.165) is 0 Å². The fraction of sp³-hybridized carbons (Fsp3) is 0.522. The van der Waals surface area contributed by atoms with Crippen molar-refractivity contribution in [3.63, 3.8) is 0 Å². The van der Waals surface area contributed by atoms with E-state index in [9.17, 15) is 24.0 Å². The molecule has 0 aromatic carbocycles. The van der Waals surface area contributed by atoms with Crippen LogP contribution in [0.4, 0.5) is 0 Å². The molecule has 1 aliphatic carbocycles. The lowest BCUT2D eigenvalue weighted by Gasteiger charge is -2.21. The average Bonchev–Trinajstić information content (AvgIpc) is 2.92. The van der Waals surface area contributed by atoms with Crippen LogP contribution >= 0.6 is 0 Å². The molecule has 182 valence electrons. The summed E-state index contributed by atoms with van der Waals surface area (Å²) in [5, 5.41) is 0. The van der Waals surface area contributed by atoms with Crippen LogP contribution in [0.1, 0.15) is 41.0 Å². The molecule has 10 heteroatoms. The summed E-state index contributed by atoms with van der Waals surface area (Å²) >= 11 is 0. The number of hydrogen-bond donors (Lipinski definition) is 0. The second-order valence-electron chi connectivity index (χ2n) is 6.43. The van der Waals surface area contributed by atoms with Crippen molar-refractivity contribution in [2.24, 2.45) is 5.92 Å². The number of rotatable bonds is 11. The van der Waals surface area contributed by atoms with Crippen LogP contribution in [-0.2, 0) is 47.7 Å². The third-order valence-electron chi connectivity index (χ3n) is 4.30. The van der Waals surface area contributed by atoms with Gasteiger partial charge in [-0.1, -0.05) is 12.2 Å². The van der Waals surface area contributed by atoms with Crippen LogP contribution in [0.15, 0.2) is 34.4 Å². The van der Waals surface area contributed by atoms with Crippen LogP contribution in [0.25, 0.3) is 0 Å². The van der Waals surface area contributed by atoms with Crippen molar-refractivity contribution in [1.82, 2.24) is 0 Å². The molecule has 0 saturated carbocycles. The zero-order valence-corrected chi connectivity index (χ0v) is 19.6. The van der Waals surface area contributed by atoms with E-state index in [2.05, 4.69) is 0 Å². The Morgan fingerprint density at radius 1 is 0.667 bits per heavy atom. The van der Waals surface area contributed by atoms with E-state index < -0.39 is 47.8 Å². The molecule has 0 fully saturated rings. The van der Waals surface area contributed by atoms with Crippen molar-refractivity contribution >= 4 is 29.8 Å². The Balaban J connectivity index is 3.95. The predicted molar refractivity (Wildman–Crippen MR) is 114 cm³/mol. The minimum Gasteiger partial charge on any atom is -0.466 e. The number of carbonyl (C=O) groups is 5. The summed E-state index contributed by atoms with van der Waals surface area (Å²) in [4.78, 5) is 63.9. The monoisotopic (exact) mass is 466 g/mol.